The lowest BCUT2D eigenvalue weighted by molar-refractivity contribution is 0.0904. The van der Waals surface area contributed by atoms with Crippen LogP contribution >= 0.6 is 0 Å². The van der Waals surface area contributed by atoms with E-state index in [1.165, 1.54) is 0 Å². The molecule has 1 aromatic rings. The van der Waals surface area contributed by atoms with Crippen molar-refractivity contribution in [2.24, 2.45) is 0 Å². The average molecular weight is 295 g/mol. The van der Waals surface area contributed by atoms with E-state index in [1.807, 2.05) is 25.1 Å². The standard InChI is InChI=1S/C16H25NO4/c1-16(11-18,17-10-13-5-4-8-21-13)14-7-6-12(19-2)9-15(14)20-3/h6-7,9,13,17-18H,4-5,8,10-11H2,1-3H3. The van der Waals surface area contributed by atoms with Crippen molar-refractivity contribution in [2.75, 3.05) is 34.0 Å². The van der Waals surface area contributed by atoms with Crippen LogP contribution in [0.1, 0.15) is 25.3 Å². The minimum Gasteiger partial charge on any atom is -0.497 e. The van der Waals surface area contributed by atoms with Crippen LogP contribution in [0.2, 0.25) is 0 Å². The number of aliphatic hydroxyl groups excluding tert-OH is 1. The summed E-state index contributed by atoms with van der Waals surface area (Å²) in [6, 6.07) is 5.63. The van der Waals surface area contributed by atoms with Gasteiger partial charge >= 0.3 is 0 Å². The molecule has 21 heavy (non-hydrogen) atoms. The van der Waals surface area contributed by atoms with Gasteiger partial charge in [-0.2, -0.15) is 0 Å². The van der Waals surface area contributed by atoms with Crippen LogP contribution < -0.4 is 14.8 Å². The third kappa shape index (κ3) is 3.67. The van der Waals surface area contributed by atoms with E-state index in [1.54, 1.807) is 14.2 Å². The average Bonchev–Trinajstić information content (AvgIpc) is 3.05. The molecule has 2 unspecified atom stereocenters. The van der Waals surface area contributed by atoms with Gasteiger partial charge in [-0.1, -0.05) is 0 Å². The van der Waals surface area contributed by atoms with Crippen molar-refractivity contribution in [3.8, 4) is 11.5 Å². The predicted molar refractivity (Wildman–Crippen MR) is 81.0 cm³/mol. The van der Waals surface area contributed by atoms with Gasteiger partial charge in [-0.3, -0.25) is 0 Å². The fourth-order valence-corrected chi connectivity index (χ4v) is 2.64. The molecule has 0 bridgehead atoms. The van der Waals surface area contributed by atoms with E-state index in [0.717, 1.165) is 30.8 Å². The zero-order chi connectivity index (χ0) is 15.3. The highest BCUT2D eigenvalue weighted by Crippen LogP contribution is 2.33. The monoisotopic (exact) mass is 295 g/mol. The lowest BCUT2D eigenvalue weighted by Crippen LogP contribution is -2.46. The molecule has 5 heteroatoms. The Morgan fingerprint density at radius 1 is 1.38 bits per heavy atom. The van der Waals surface area contributed by atoms with Crippen LogP contribution in [-0.2, 0) is 10.3 Å². The highest BCUT2D eigenvalue weighted by atomic mass is 16.5. The summed E-state index contributed by atoms with van der Waals surface area (Å²) in [5, 5.41) is 13.3. The van der Waals surface area contributed by atoms with Gasteiger partial charge in [0.2, 0.25) is 0 Å². The lowest BCUT2D eigenvalue weighted by atomic mass is 9.91. The summed E-state index contributed by atoms with van der Waals surface area (Å²) in [5.41, 5.74) is 0.329. The first-order valence-corrected chi connectivity index (χ1v) is 7.33. The number of rotatable bonds is 7. The summed E-state index contributed by atoms with van der Waals surface area (Å²) < 4.78 is 16.3. The normalized spacial score (nSPS) is 21.0. The summed E-state index contributed by atoms with van der Waals surface area (Å²) >= 11 is 0. The van der Waals surface area contributed by atoms with E-state index >= 15 is 0 Å². The van der Waals surface area contributed by atoms with Gasteiger partial charge in [0, 0.05) is 24.8 Å². The minimum absolute atomic E-state index is 0.0254. The Bertz CT molecular complexity index is 460. The summed E-state index contributed by atoms with van der Waals surface area (Å²) in [5.74, 6) is 1.43. The second-order valence-electron chi connectivity index (χ2n) is 5.57. The van der Waals surface area contributed by atoms with Gasteiger partial charge in [0.25, 0.3) is 0 Å². The fraction of sp³-hybridized carbons (Fsp3) is 0.625. The molecule has 1 aromatic carbocycles. The van der Waals surface area contributed by atoms with Crippen molar-refractivity contribution < 1.29 is 19.3 Å². The molecule has 5 nitrogen and oxygen atoms in total. The molecule has 1 aliphatic rings. The maximum Gasteiger partial charge on any atom is 0.127 e. The third-order valence-electron chi connectivity index (χ3n) is 4.06. The van der Waals surface area contributed by atoms with Crippen LogP contribution in [0.3, 0.4) is 0 Å². The molecule has 0 radical (unpaired) electrons. The highest BCUT2D eigenvalue weighted by Gasteiger charge is 2.30. The summed E-state index contributed by atoms with van der Waals surface area (Å²) in [4.78, 5) is 0. The van der Waals surface area contributed by atoms with Crippen molar-refractivity contribution in [3.63, 3.8) is 0 Å². The van der Waals surface area contributed by atoms with E-state index in [-0.39, 0.29) is 12.7 Å². The molecule has 1 heterocycles. The summed E-state index contributed by atoms with van der Waals surface area (Å²) in [7, 11) is 3.24. The number of hydrogen-bond donors (Lipinski definition) is 2. The smallest absolute Gasteiger partial charge is 0.127 e. The Balaban J connectivity index is 2.17. The van der Waals surface area contributed by atoms with E-state index in [0.29, 0.717) is 12.3 Å². The van der Waals surface area contributed by atoms with Crippen molar-refractivity contribution >= 4 is 0 Å². The van der Waals surface area contributed by atoms with Gasteiger partial charge in [-0.15, -0.1) is 0 Å². The van der Waals surface area contributed by atoms with E-state index in [4.69, 9.17) is 14.2 Å². The van der Waals surface area contributed by atoms with E-state index in [2.05, 4.69) is 5.32 Å². The molecular formula is C16H25NO4. The topological polar surface area (TPSA) is 60.0 Å². The van der Waals surface area contributed by atoms with Crippen LogP contribution in [0.25, 0.3) is 0 Å². The molecule has 1 aliphatic heterocycles. The molecule has 2 N–H and O–H groups in total. The number of methoxy groups -OCH3 is 2. The predicted octanol–water partition coefficient (Wildman–Crippen LogP) is 1.68. The Morgan fingerprint density at radius 3 is 2.76 bits per heavy atom. The molecule has 0 amide bonds. The van der Waals surface area contributed by atoms with Gasteiger partial charge < -0.3 is 24.6 Å². The molecule has 2 rings (SSSR count). The second kappa shape index (κ2) is 7.11. The molecular weight excluding hydrogens is 270 g/mol. The van der Waals surface area contributed by atoms with E-state index < -0.39 is 5.54 Å². The first kappa shape index (κ1) is 16.1. The SMILES string of the molecule is COc1ccc(C(C)(CO)NCC2CCCO2)c(OC)c1. The largest absolute Gasteiger partial charge is 0.497 e. The molecule has 1 saturated heterocycles. The van der Waals surface area contributed by atoms with E-state index in [9.17, 15) is 5.11 Å². The highest BCUT2D eigenvalue weighted by molar-refractivity contribution is 5.44. The molecule has 118 valence electrons. The van der Waals surface area contributed by atoms with Crippen molar-refractivity contribution in [1.29, 1.82) is 0 Å². The van der Waals surface area contributed by atoms with Crippen molar-refractivity contribution in [3.05, 3.63) is 23.8 Å². The first-order chi connectivity index (χ1) is 10.1. The van der Waals surface area contributed by atoms with Gasteiger partial charge in [0.1, 0.15) is 11.5 Å². The maximum atomic E-state index is 9.87. The molecule has 0 aromatic heterocycles. The summed E-state index contributed by atoms with van der Waals surface area (Å²) in [6.45, 7) is 3.48. The Morgan fingerprint density at radius 2 is 2.19 bits per heavy atom. The number of benzene rings is 1. The van der Waals surface area contributed by atoms with Gasteiger partial charge in [0.05, 0.1) is 32.5 Å². The quantitative estimate of drug-likeness (QED) is 0.801. The van der Waals surface area contributed by atoms with Crippen LogP contribution in [0.15, 0.2) is 18.2 Å². The van der Waals surface area contributed by atoms with Gasteiger partial charge in [0.15, 0.2) is 0 Å². The molecule has 0 saturated carbocycles. The number of hydrogen-bond acceptors (Lipinski definition) is 5. The molecule has 1 fully saturated rings. The van der Waals surface area contributed by atoms with Crippen molar-refractivity contribution in [1.82, 2.24) is 5.32 Å². The first-order valence-electron chi connectivity index (χ1n) is 7.33. The third-order valence-corrected chi connectivity index (χ3v) is 4.06. The van der Waals surface area contributed by atoms with Crippen molar-refractivity contribution in [2.45, 2.75) is 31.4 Å². The molecule has 0 aliphatic carbocycles. The Kier molecular flexibility index (Phi) is 5.45. The lowest BCUT2D eigenvalue weighted by Gasteiger charge is -2.32. The van der Waals surface area contributed by atoms with Crippen LogP contribution in [0, 0.1) is 0 Å². The minimum atomic E-state index is -0.580. The molecule has 0 spiro atoms. The van der Waals surface area contributed by atoms with Crippen LogP contribution in [0.4, 0.5) is 0 Å². The molecule has 2 atom stereocenters. The number of ether oxygens (including phenoxy) is 3. The maximum absolute atomic E-state index is 9.87. The van der Waals surface area contributed by atoms with Gasteiger partial charge in [-0.05, 0) is 31.9 Å². The zero-order valence-electron chi connectivity index (χ0n) is 13.0. The second-order valence-corrected chi connectivity index (χ2v) is 5.57. The Labute approximate surface area is 126 Å². The number of aliphatic hydroxyl groups is 1. The summed E-state index contributed by atoms with van der Waals surface area (Å²) in [6.07, 6.45) is 2.39. The van der Waals surface area contributed by atoms with Gasteiger partial charge in [-0.25, -0.2) is 0 Å². The fourth-order valence-electron chi connectivity index (χ4n) is 2.64. The number of nitrogens with one attached hydrogen (secondary N) is 1. The van der Waals surface area contributed by atoms with Crippen LogP contribution in [0.5, 0.6) is 11.5 Å². The van der Waals surface area contributed by atoms with Crippen LogP contribution in [-0.4, -0.2) is 45.2 Å². The zero-order valence-corrected chi connectivity index (χ0v) is 13.0. The Hall–Kier alpha value is -1.30.